The van der Waals surface area contributed by atoms with Gasteiger partial charge in [-0.2, -0.15) is 0 Å². The first kappa shape index (κ1) is 10.7. The largest absolute Gasteiger partial charge is 0.393 e. The van der Waals surface area contributed by atoms with Crippen LogP contribution in [0.15, 0.2) is 11.1 Å². The van der Waals surface area contributed by atoms with Crippen LogP contribution in [0.2, 0.25) is 0 Å². The van der Waals surface area contributed by atoms with Crippen LogP contribution in [-0.2, 0) is 4.79 Å². The molecule has 0 aromatic heterocycles. The molecule has 0 unspecified atom stereocenters. The molecule has 0 saturated carbocycles. The van der Waals surface area contributed by atoms with E-state index in [0.717, 1.165) is 6.42 Å². The smallest absolute Gasteiger partial charge is 0.176 e. The number of aliphatic hydroxyl groups excluding tert-OH is 1. The Bertz CT molecular complexity index is 161. The fourth-order valence-electron chi connectivity index (χ4n) is 0.659. The van der Waals surface area contributed by atoms with Gasteiger partial charge in [-0.25, -0.2) is 0 Å². The summed E-state index contributed by atoms with van der Waals surface area (Å²) in [5.41, 5.74) is 0. The molecule has 0 fully saturated rings. The molecule has 0 aliphatic carbocycles. The number of halogens is 1. The van der Waals surface area contributed by atoms with Gasteiger partial charge in [0, 0.05) is 6.42 Å². The molecule has 0 bridgehead atoms. The Kier molecular flexibility index (Phi) is 5.16. The van der Waals surface area contributed by atoms with E-state index in [0.29, 0.717) is 0 Å². The molecule has 0 rings (SSSR count). The molecule has 2 nitrogen and oxygen atoms in total. The lowest BCUT2D eigenvalue weighted by Gasteiger charge is -2.00. The molecule has 0 aliphatic rings. The topological polar surface area (TPSA) is 37.3 Å². The highest BCUT2D eigenvalue weighted by Crippen LogP contribution is 2.08. The van der Waals surface area contributed by atoms with Crippen LogP contribution in [0.3, 0.4) is 0 Å². The summed E-state index contributed by atoms with van der Waals surface area (Å²) < 4.78 is 0. The lowest BCUT2D eigenvalue weighted by atomic mass is 10.2. The summed E-state index contributed by atoms with van der Waals surface area (Å²) in [4.78, 5) is 11.0. The van der Waals surface area contributed by atoms with Crippen molar-refractivity contribution in [2.24, 2.45) is 0 Å². The lowest BCUT2D eigenvalue weighted by molar-refractivity contribution is -0.116. The normalized spacial score (nSPS) is 14.7. The second-order valence-electron chi connectivity index (χ2n) is 2.44. The molecule has 0 heterocycles. The molecule has 11 heavy (non-hydrogen) atoms. The Balaban J connectivity index is 3.93. The minimum absolute atomic E-state index is 0.106. The summed E-state index contributed by atoms with van der Waals surface area (Å²) in [6.07, 6.45) is 1.88. The van der Waals surface area contributed by atoms with Crippen molar-refractivity contribution in [1.29, 1.82) is 0 Å². The van der Waals surface area contributed by atoms with Crippen LogP contribution in [-0.4, -0.2) is 17.0 Å². The van der Waals surface area contributed by atoms with E-state index in [9.17, 15) is 4.79 Å². The van der Waals surface area contributed by atoms with Crippen molar-refractivity contribution in [3.63, 3.8) is 0 Å². The quantitative estimate of drug-likeness (QED) is 0.664. The van der Waals surface area contributed by atoms with Crippen LogP contribution in [0.25, 0.3) is 0 Å². The Morgan fingerprint density at radius 2 is 2.27 bits per heavy atom. The molecule has 0 saturated heterocycles. The van der Waals surface area contributed by atoms with E-state index in [-0.39, 0.29) is 17.2 Å². The molecule has 0 aliphatic heterocycles. The number of hydrogen-bond acceptors (Lipinski definition) is 2. The number of allylic oxidation sites excluding steroid dienone is 2. The molecule has 1 N–H and O–H groups in total. The molecule has 0 aromatic carbocycles. The maximum atomic E-state index is 11.0. The summed E-state index contributed by atoms with van der Waals surface area (Å²) in [7, 11) is 0. The number of carbonyl (C=O) groups excluding carboxylic acids is 1. The number of ketones is 1. The predicted octanol–water partition coefficient (Wildman–Crippen LogP) is 1.86. The van der Waals surface area contributed by atoms with Crippen molar-refractivity contribution in [2.75, 3.05) is 0 Å². The van der Waals surface area contributed by atoms with E-state index in [1.54, 1.807) is 13.0 Å². The summed E-state index contributed by atoms with van der Waals surface area (Å²) in [5, 5.41) is 9.06. The minimum Gasteiger partial charge on any atom is -0.393 e. The molecule has 0 spiro atoms. The highest BCUT2D eigenvalue weighted by molar-refractivity contribution is 6.42. The molecule has 64 valence electrons. The van der Waals surface area contributed by atoms with Crippen LogP contribution in [0.1, 0.15) is 26.7 Å². The van der Waals surface area contributed by atoms with Gasteiger partial charge in [-0.05, 0) is 13.3 Å². The van der Waals surface area contributed by atoms with Crippen molar-refractivity contribution >= 4 is 17.4 Å². The van der Waals surface area contributed by atoms with Gasteiger partial charge in [0.2, 0.25) is 0 Å². The maximum Gasteiger partial charge on any atom is 0.176 e. The fraction of sp³-hybridized carbons (Fsp3) is 0.625. The Labute approximate surface area is 71.9 Å². The average molecular weight is 177 g/mol. The van der Waals surface area contributed by atoms with Gasteiger partial charge in [0.25, 0.3) is 0 Å². The van der Waals surface area contributed by atoms with Gasteiger partial charge in [-0.3, -0.25) is 4.79 Å². The zero-order valence-electron chi connectivity index (χ0n) is 6.80. The van der Waals surface area contributed by atoms with Gasteiger partial charge in [-0.1, -0.05) is 24.6 Å². The Morgan fingerprint density at radius 3 is 2.64 bits per heavy atom. The van der Waals surface area contributed by atoms with E-state index in [4.69, 9.17) is 16.7 Å². The molecule has 0 amide bonds. The van der Waals surface area contributed by atoms with Gasteiger partial charge < -0.3 is 5.11 Å². The van der Waals surface area contributed by atoms with Crippen molar-refractivity contribution in [2.45, 2.75) is 32.8 Å². The number of carbonyl (C=O) groups is 1. The molecule has 3 heteroatoms. The Morgan fingerprint density at radius 1 is 1.73 bits per heavy atom. The minimum atomic E-state index is -0.610. The first-order valence-corrected chi connectivity index (χ1v) is 4.02. The van der Waals surface area contributed by atoms with Crippen LogP contribution in [0, 0.1) is 0 Å². The number of Topliss-reactive ketones (excluding diaryl/α,β-unsaturated/α-hetero) is 1. The summed E-state index contributed by atoms with van der Waals surface area (Å²) in [6, 6.07) is 0. The van der Waals surface area contributed by atoms with Crippen molar-refractivity contribution in [3.8, 4) is 0 Å². The number of hydrogen-bond donors (Lipinski definition) is 1. The van der Waals surface area contributed by atoms with E-state index in [2.05, 4.69) is 0 Å². The zero-order chi connectivity index (χ0) is 8.85. The van der Waals surface area contributed by atoms with E-state index in [1.165, 1.54) is 0 Å². The van der Waals surface area contributed by atoms with Gasteiger partial charge in [0.05, 0.1) is 11.1 Å². The van der Waals surface area contributed by atoms with Crippen LogP contribution >= 0.6 is 11.6 Å². The van der Waals surface area contributed by atoms with E-state index >= 15 is 0 Å². The first-order chi connectivity index (χ1) is 5.07. The van der Waals surface area contributed by atoms with Gasteiger partial charge in [0.15, 0.2) is 5.78 Å². The summed E-state index contributed by atoms with van der Waals surface area (Å²) in [5.74, 6) is -0.191. The second kappa shape index (κ2) is 5.33. The number of rotatable bonds is 4. The SMILES string of the molecule is CC/C=C(\Cl)C(=O)C[C@@H](C)O. The van der Waals surface area contributed by atoms with Crippen LogP contribution in [0.5, 0.6) is 0 Å². The summed E-state index contributed by atoms with van der Waals surface area (Å²) in [6.45, 7) is 3.46. The zero-order valence-corrected chi connectivity index (χ0v) is 7.56. The fourth-order valence-corrected chi connectivity index (χ4v) is 0.890. The predicted molar refractivity (Wildman–Crippen MR) is 45.5 cm³/mol. The summed E-state index contributed by atoms with van der Waals surface area (Å²) >= 11 is 5.58. The molecule has 0 aromatic rings. The molecule has 1 atom stereocenters. The highest BCUT2D eigenvalue weighted by atomic mass is 35.5. The van der Waals surface area contributed by atoms with Crippen molar-refractivity contribution < 1.29 is 9.90 Å². The van der Waals surface area contributed by atoms with E-state index in [1.807, 2.05) is 6.92 Å². The third-order valence-corrected chi connectivity index (χ3v) is 1.50. The molecular formula is C8H13ClO2. The monoisotopic (exact) mass is 176 g/mol. The van der Waals surface area contributed by atoms with Crippen LogP contribution < -0.4 is 0 Å². The van der Waals surface area contributed by atoms with E-state index < -0.39 is 6.10 Å². The third kappa shape index (κ3) is 4.99. The van der Waals surface area contributed by atoms with Crippen molar-refractivity contribution in [1.82, 2.24) is 0 Å². The second-order valence-corrected chi connectivity index (χ2v) is 2.84. The maximum absolute atomic E-state index is 11.0. The lowest BCUT2D eigenvalue weighted by Crippen LogP contribution is -2.09. The standard InChI is InChI=1S/C8H13ClO2/c1-3-4-7(9)8(11)5-6(2)10/h4,6,10H,3,5H2,1-2H3/b7-4-/t6-/m1/s1. The highest BCUT2D eigenvalue weighted by Gasteiger charge is 2.08. The third-order valence-electron chi connectivity index (χ3n) is 1.13. The Hall–Kier alpha value is -0.340. The molecule has 0 radical (unpaired) electrons. The van der Waals surface area contributed by atoms with Gasteiger partial charge in [-0.15, -0.1) is 0 Å². The van der Waals surface area contributed by atoms with Gasteiger partial charge in [0.1, 0.15) is 0 Å². The van der Waals surface area contributed by atoms with Gasteiger partial charge >= 0.3 is 0 Å². The average Bonchev–Trinajstić information content (AvgIpc) is 1.86. The first-order valence-electron chi connectivity index (χ1n) is 3.64. The molecular weight excluding hydrogens is 164 g/mol. The number of aliphatic hydroxyl groups is 1. The van der Waals surface area contributed by atoms with Crippen molar-refractivity contribution in [3.05, 3.63) is 11.1 Å². The van der Waals surface area contributed by atoms with Crippen LogP contribution in [0.4, 0.5) is 0 Å².